The van der Waals surface area contributed by atoms with Crippen LogP contribution in [0.5, 0.6) is 5.75 Å². The quantitative estimate of drug-likeness (QED) is 0.783. The molecular formula is C15H20FNO2. The van der Waals surface area contributed by atoms with Gasteiger partial charge in [0.05, 0.1) is 12.0 Å². The Kier molecular flexibility index (Phi) is 4.20. The van der Waals surface area contributed by atoms with Crippen molar-refractivity contribution in [3.05, 3.63) is 29.6 Å². The van der Waals surface area contributed by atoms with Crippen molar-refractivity contribution in [3.63, 3.8) is 0 Å². The number of hydrogen-bond donors (Lipinski definition) is 1. The lowest BCUT2D eigenvalue weighted by Gasteiger charge is -2.31. The number of carbonyl (C=O) groups is 1. The summed E-state index contributed by atoms with van der Waals surface area (Å²) in [7, 11) is 0. The second-order valence-corrected chi connectivity index (χ2v) is 5.56. The number of hydrogen-bond acceptors (Lipinski definition) is 3. The average Bonchev–Trinajstić information content (AvgIpc) is 2.88. The first-order valence-corrected chi connectivity index (χ1v) is 6.70. The first-order valence-electron chi connectivity index (χ1n) is 6.70. The number of halogens is 1. The Balaban J connectivity index is 0.000000224. The number of benzene rings is 1. The summed E-state index contributed by atoms with van der Waals surface area (Å²) < 4.78 is 18.4. The Hall–Kier alpha value is -1.42. The summed E-state index contributed by atoms with van der Waals surface area (Å²) in [5.41, 5.74) is -0.133. The second-order valence-electron chi connectivity index (χ2n) is 5.56. The van der Waals surface area contributed by atoms with Gasteiger partial charge in [-0.15, -0.1) is 0 Å². The van der Waals surface area contributed by atoms with E-state index >= 15 is 0 Å². The first-order chi connectivity index (χ1) is 8.98. The molecule has 2 aliphatic heterocycles. The molecule has 3 nitrogen and oxygen atoms in total. The molecule has 0 aliphatic carbocycles. The van der Waals surface area contributed by atoms with Crippen molar-refractivity contribution < 1.29 is 13.9 Å². The Morgan fingerprint density at radius 3 is 2.53 bits per heavy atom. The topological polar surface area (TPSA) is 38.3 Å². The van der Waals surface area contributed by atoms with E-state index in [4.69, 9.17) is 4.74 Å². The number of rotatable bonds is 0. The maximum absolute atomic E-state index is 12.9. The Morgan fingerprint density at radius 1 is 1.26 bits per heavy atom. The van der Waals surface area contributed by atoms with Crippen LogP contribution in [0.3, 0.4) is 0 Å². The van der Waals surface area contributed by atoms with Crippen LogP contribution in [0.15, 0.2) is 18.2 Å². The number of carbonyl (C=O) groups excluding carboxylic acids is 1. The number of ether oxygens (including phenoxy) is 1. The Bertz CT molecular complexity index is 460. The van der Waals surface area contributed by atoms with Gasteiger partial charge in [-0.2, -0.15) is 0 Å². The van der Waals surface area contributed by atoms with E-state index in [1.807, 2.05) is 13.8 Å². The molecule has 2 aliphatic rings. The van der Waals surface area contributed by atoms with Crippen molar-refractivity contribution in [2.75, 3.05) is 13.1 Å². The van der Waals surface area contributed by atoms with E-state index in [0.717, 1.165) is 0 Å². The third kappa shape index (κ3) is 3.77. The molecule has 4 heteroatoms. The van der Waals surface area contributed by atoms with Crippen molar-refractivity contribution >= 4 is 5.78 Å². The molecule has 0 atom stereocenters. The normalized spacial score (nSPS) is 20.1. The van der Waals surface area contributed by atoms with Crippen LogP contribution >= 0.6 is 0 Å². The van der Waals surface area contributed by atoms with Crippen LogP contribution in [0.4, 0.5) is 4.39 Å². The molecular weight excluding hydrogens is 245 g/mol. The zero-order chi connectivity index (χ0) is 13.9. The second kappa shape index (κ2) is 5.70. The number of fused-ring (bicyclic) bond motifs is 1. The molecule has 0 radical (unpaired) electrons. The lowest BCUT2D eigenvalue weighted by molar-refractivity contribution is 0.0618. The molecule has 0 amide bonds. The van der Waals surface area contributed by atoms with Gasteiger partial charge in [0.15, 0.2) is 5.78 Å². The van der Waals surface area contributed by atoms with Gasteiger partial charge in [0, 0.05) is 0 Å². The van der Waals surface area contributed by atoms with Crippen LogP contribution in [-0.2, 0) is 0 Å². The average molecular weight is 265 g/mol. The van der Waals surface area contributed by atoms with Gasteiger partial charge in [-0.25, -0.2) is 4.39 Å². The summed E-state index contributed by atoms with van der Waals surface area (Å²) in [6.07, 6.45) is 3.07. The van der Waals surface area contributed by atoms with Gasteiger partial charge in [0.1, 0.15) is 17.2 Å². The summed E-state index contributed by atoms with van der Waals surface area (Å²) in [5, 5.41) is 3.22. The Labute approximate surface area is 113 Å². The molecule has 3 rings (SSSR count). The van der Waals surface area contributed by atoms with Crippen LogP contribution in [0, 0.1) is 5.82 Å². The van der Waals surface area contributed by atoms with Gasteiger partial charge < -0.3 is 10.1 Å². The minimum atomic E-state index is -0.484. The summed E-state index contributed by atoms with van der Waals surface area (Å²) >= 11 is 0. The van der Waals surface area contributed by atoms with Crippen molar-refractivity contribution in [2.24, 2.45) is 0 Å². The number of nitrogens with one attached hydrogen (secondary N) is 1. The fraction of sp³-hybridized carbons (Fsp3) is 0.533. The smallest absolute Gasteiger partial charge is 0.170 e. The van der Waals surface area contributed by atoms with Crippen LogP contribution < -0.4 is 10.1 Å². The molecule has 0 saturated carbocycles. The monoisotopic (exact) mass is 265 g/mol. The summed E-state index contributed by atoms with van der Waals surface area (Å²) in [6, 6.07) is 4.03. The Morgan fingerprint density at radius 2 is 1.95 bits per heavy atom. The highest BCUT2D eigenvalue weighted by atomic mass is 19.1. The molecule has 1 N–H and O–H groups in total. The minimum Gasteiger partial charge on any atom is -0.487 e. The number of ketones is 1. The van der Waals surface area contributed by atoms with Gasteiger partial charge in [0.25, 0.3) is 0 Å². The van der Waals surface area contributed by atoms with Crippen molar-refractivity contribution in [1.29, 1.82) is 0 Å². The van der Waals surface area contributed by atoms with E-state index < -0.39 is 11.4 Å². The van der Waals surface area contributed by atoms with Crippen LogP contribution in [0.2, 0.25) is 0 Å². The van der Waals surface area contributed by atoms with E-state index in [1.54, 1.807) is 0 Å². The maximum Gasteiger partial charge on any atom is 0.170 e. The highest BCUT2D eigenvalue weighted by Crippen LogP contribution is 2.32. The van der Waals surface area contributed by atoms with Crippen LogP contribution in [0.25, 0.3) is 0 Å². The maximum atomic E-state index is 12.9. The zero-order valence-electron chi connectivity index (χ0n) is 11.5. The molecule has 1 aromatic carbocycles. The van der Waals surface area contributed by atoms with E-state index in [9.17, 15) is 9.18 Å². The van der Waals surface area contributed by atoms with Crippen LogP contribution in [-0.4, -0.2) is 24.5 Å². The highest BCUT2D eigenvalue weighted by Gasteiger charge is 2.32. The standard InChI is InChI=1S/C11H11FO2.C4H9N/c1-11(2)6-9(13)8-5-7(12)3-4-10(8)14-11;1-2-4-5-3-1/h3-5H,6H2,1-2H3;5H,1-4H2. The van der Waals surface area contributed by atoms with Gasteiger partial charge >= 0.3 is 0 Å². The van der Waals surface area contributed by atoms with Gasteiger partial charge in [0.2, 0.25) is 0 Å². The lowest BCUT2D eigenvalue weighted by Crippen LogP contribution is -2.35. The van der Waals surface area contributed by atoms with E-state index in [1.165, 1.54) is 44.1 Å². The van der Waals surface area contributed by atoms with Gasteiger partial charge in [-0.05, 0) is 58.0 Å². The van der Waals surface area contributed by atoms with Crippen molar-refractivity contribution in [3.8, 4) is 5.75 Å². The minimum absolute atomic E-state index is 0.0595. The zero-order valence-corrected chi connectivity index (χ0v) is 11.5. The molecule has 2 heterocycles. The highest BCUT2D eigenvalue weighted by molar-refractivity contribution is 6.00. The summed E-state index contributed by atoms with van der Waals surface area (Å²) in [4.78, 5) is 11.6. The molecule has 104 valence electrons. The lowest BCUT2D eigenvalue weighted by atomic mass is 9.93. The predicted molar refractivity (Wildman–Crippen MR) is 72.2 cm³/mol. The van der Waals surface area contributed by atoms with Gasteiger partial charge in [-0.3, -0.25) is 4.79 Å². The molecule has 0 bridgehead atoms. The molecule has 0 unspecified atom stereocenters. The van der Waals surface area contributed by atoms with Gasteiger partial charge in [-0.1, -0.05) is 0 Å². The first kappa shape index (κ1) is 14.0. The molecule has 1 saturated heterocycles. The third-order valence-electron chi connectivity index (χ3n) is 3.17. The number of Topliss-reactive ketones (excluding diaryl/α,β-unsaturated/α-hetero) is 1. The van der Waals surface area contributed by atoms with E-state index in [-0.39, 0.29) is 5.78 Å². The van der Waals surface area contributed by atoms with Crippen molar-refractivity contribution in [1.82, 2.24) is 5.32 Å². The SMILES string of the molecule is C1CCNC1.CC1(C)CC(=O)c2cc(F)ccc2O1. The molecule has 19 heavy (non-hydrogen) atoms. The fourth-order valence-electron chi connectivity index (χ4n) is 2.25. The summed E-state index contributed by atoms with van der Waals surface area (Å²) in [6.45, 7) is 6.19. The van der Waals surface area contributed by atoms with Crippen molar-refractivity contribution in [2.45, 2.75) is 38.7 Å². The molecule has 1 fully saturated rings. The van der Waals surface area contributed by atoms with E-state index in [0.29, 0.717) is 17.7 Å². The predicted octanol–water partition coefficient (Wildman–Crippen LogP) is 2.94. The largest absolute Gasteiger partial charge is 0.487 e. The molecule has 1 aromatic rings. The fourth-order valence-corrected chi connectivity index (χ4v) is 2.25. The molecule has 0 aromatic heterocycles. The van der Waals surface area contributed by atoms with Crippen LogP contribution in [0.1, 0.15) is 43.5 Å². The summed E-state index contributed by atoms with van der Waals surface area (Å²) in [5.74, 6) is 0.0174. The van der Waals surface area contributed by atoms with E-state index in [2.05, 4.69) is 5.32 Å². The molecule has 0 spiro atoms. The third-order valence-corrected chi connectivity index (χ3v) is 3.17.